The minimum Gasteiger partial charge on any atom is -0.314 e. The van der Waals surface area contributed by atoms with Crippen LogP contribution in [-0.2, 0) is 9.09 Å². The van der Waals surface area contributed by atoms with Crippen LogP contribution in [0, 0.1) is 5.41 Å². The van der Waals surface area contributed by atoms with Crippen molar-refractivity contribution in [3.05, 3.63) is 0 Å². The summed E-state index contributed by atoms with van der Waals surface area (Å²) < 4.78 is 14.5. The Morgan fingerprint density at radius 1 is 1.38 bits per heavy atom. The van der Waals surface area contributed by atoms with Crippen LogP contribution in [0.2, 0.25) is 0 Å². The lowest BCUT2D eigenvalue weighted by atomic mass is 9.97. The Balaban J connectivity index is 3.33. The summed E-state index contributed by atoms with van der Waals surface area (Å²) in [5, 5.41) is 3.03. The summed E-state index contributed by atoms with van der Waals surface area (Å²) in [5.74, 6) is 0. The van der Waals surface area contributed by atoms with Crippen molar-refractivity contribution in [1.29, 1.82) is 0 Å². The third kappa shape index (κ3) is 12.1. The molecule has 5 nitrogen and oxygen atoms in total. The SMILES string of the molecule is CC(C)(C)CNCCOP(=O)(O)O. The minimum atomic E-state index is -4.29. The molecule has 0 aliphatic rings. The van der Waals surface area contributed by atoms with E-state index in [1.165, 1.54) is 0 Å². The molecule has 0 unspecified atom stereocenters. The van der Waals surface area contributed by atoms with Crippen LogP contribution < -0.4 is 5.32 Å². The molecule has 6 heteroatoms. The summed E-state index contributed by atoms with van der Waals surface area (Å²) in [4.78, 5) is 16.7. The fraction of sp³-hybridized carbons (Fsp3) is 1.00. The summed E-state index contributed by atoms with van der Waals surface area (Å²) in [7, 11) is -4.29. The van der Waals surface area contributed by atoms with Crippen molar-refractivity contribution in [3.63, 3.8) is 0 Å². The average molecular weight is 211 g/mol. The van der Waals surface area contributed by atoms with E-state index in [2.05, 4.69) is 30.6 Å². The zero-order chi connectivity index (χ0) is 10.5. The molecule has 13 heavy (non-hydrogen) atoms. The summed E-state index contributed by atoms with van der Waals surface area (Å²) in [6.07, 6.45) is 0. The maximum atomic E-state index is 10.2. The first-order chi connectivity index (χ1) is 5.71. The molecule has 0 aromatic rings. The fourth-order valence-electron chi connectivity index (χ4n) is 0.700. The molecule has 3 N–H and O–H groups in total. The van der Waals surface area contributed by atoms with Gasteiger partial charge in [0.05, 0.1) is 6.61 Å². The molecule has 0 aliphatic heterocycles. The quantitative estimate of drug-likeness (QED) is 0.461. The summed E-state index contributed by atoms with van der Waals surface area (Å²) in [6.45, 7) is 7.48. The predicted molar refractivity (Wildman–Crippen MR) is 50.3 cm³/mol. The van der Waals surface area contributed by atoms with Crippen molar-refractivity contribution in [3.8, 4) is 0 Å². The van der Waals surface area contributed by atoms with E-state index in [1.807, 2.05) is 0 Å². The van der Waals surface area contributed by atoms with Crippen LogP contribution in [0.1, 0.15) is 20.8 Å². The highest BCUT2D eigenvalue weighted by atomic mass is 31.2. The average Bonchev–Trinajstić information content (AvgIpc) is 1.81. The molecule has 0 rings (SSSR count). The molecule has 80 valence electrons. The van der Waals surface area contributed by atoms with E-state index in [-0.39, 0.29) is 12.0 Å². The topological polar surface area (TPSA) is 78.8 Å². The molecule has 0 aliphatic carbocycles. The van der Waals surface area contributed by atoms with Crippen molar-refractivity contribution in [2.45, 2.75) is 20.8 Å². The highest BCUT2D eigenvalue weighted by Crippen LogP contribution is 2.35. The zero-order valence-corrected chi connectivity index (χ0v) is 9.17. The van der Waals surface area contributed by atoms with Gasteiger partial charge in [0.15, 0.2) is 0 Å². The van der Waals surface area contributed by atoms with Gasteiger partial charge in [0.2, 0.25) is 0 Å². The Labute approximate surface area is 78.7 Å². The molecule has 0 amide bonds. The number of nitrogens with one attached hydrogen (secondary N) is 1. The van der Waals surface area contributed by atoms with Crippen LogP contribution in [0.15, 0.2) is 0 Å². The largest absolute Gasteiger partial charge is 0.469 e. The van der Waals surface area contributed by atoms with Crippen LogP contribution in [0.5, 0.6) is 0 Å². The number of phosphoric acid groups is 1. The molecular weight excluding hydrogens is 193 g/mol. The van der Waals surface area contributed by atoms with Crippen molar-refractivity contribution >= 4 is 7.82 Å². The van der Waals surface area contributed by atoms with Gasteiger partial charge in [-0.05, 0) is 5.41 Å². The molecule has 0 saturated heterocycles. The van der Waals surface area contributed by atoms with Crippen molar-refractivity contribution in [2.24, 2.45) is 5.41 Å². The first kappa shape index (κ1) is 13.1. The smallest absolute Gasteiger partial charge is 0.314 e. The van der Waals surface area contributed by atoms with Gasteiger partial charge < -0.3 is 15.1 Å². The van der Waals surface area contributed by atoms with E-state index < -0.39 is 7.82 Å². The van der Waals surface area contributed by atoms with Gasteiger partial charge in [-0.3, -0.25) is 4.52 Å². The summed E-state index contributed by atoms with van der Waals surface area (Å²) in [5.41, 5.74) is 0.169. The Morgan fingerprint density at radius 2 is 1.92 bits per heavy atom. The monoisotopic (exact) mass is 211 g/mol. The molecular formula is C7H18NO4P. The van der Waals surface area contributed by atoms with Gasteiger partial charge in [-0.1, -0.05) is 20.8 Å². The van der Waals surface area contributed by atoms with E-state index >= 15 is 0 Å². The van der Waals surface area contributed by atoms with Crippen LogP contribution in [0.25, 0.3) is 0 Å². The number of hydrogen-bond acceptors (Lipinski definition) is 3. The van der Waals surface area contributed by atoms with E-state index in [4.69, 9.17) is 9.79 Å². The van der Waals surface area contributed by atoms with E-state index in [1.54, 1.807) is 0 Å². The minimum absolute atomic E-state index is 0.0281. The van der Waals surface area contributed by atoms with Gasteiger partial charge in [-0.15, -0.1) is 0 Å². The van der Waals surface area contributed by atoms with Crippen LogP contribution in [0.4, 0.5) is 0 Å². The third-order valence-electron chi connectivity index (χ3n) is 1.19. The lowest BCUT2D eigenvalue weighted by molar-refractivity contribution is 0.195. The van der Waals surface area contributed by atoms with Crippen LogP contribution >= 0.6 is 7.82 Å². The zero-order valence-electron chi connectivity index (χ0n) is 8.28. The normalized spacial score (nSPS) is 13.3. The predicted octanol–water partition coefficient (Wildman–Crippen LogP) is 0.731. The van der Waals surface area contributed by atoms with Gasteiger partial charge in [0, 0.05) is 13.1 Å². The Morgan fingerprint density at radius 3 is 2.31 bits per heavy atom. The first-order valence-electron chi connectivity index (χ1n) is 4.11. The van der Waals surface area contributed by atoms with Crippen molar-refractivity contribution in [1.82, 2.24) is 5.32 Å². The standard InChI is InChI=1S/C7H18NO4P/c1-7(2,3)6-8-4-5-12-13(9,10)11/h8H,4-6H2,1-3H3,(H2,9,10,11). The number of rotatable bonds is 5. The molecule has 0 spiro atoms. The van der Waals surface area contributed by atoms with E-state index in [0.717, 1.165) is 6.54 Å². The third-order valence-corrected chi connectivity index (χ3v) is 1.71. The van der Waals surface area contributed by atoms with Crippen molar-refractivity contribution in [2.75, 3.05) is 19.7 Å². The highest BCUT2D eigenvalue weighted by Gasteiger charge is 2.13. The second-order valence-electron chi connectivity index (χ2n) is 4.06. The van der Waals surface area contributed by atoms with Crippen LogP contribution in [0.3, 0.4) is 0 Å². The molecule has 0 heterocycles. The molecule has 0 bridgehead atoms. The van der Waals surface area contributed by atoms with Gasteiger partial charge in [0.25, 0.3) is 0 Å². The second-order valence-corrected chi connectivity index (χ2v) is 5.30. The number of hydrogen-bond donors (Lipinski definition) is 3. The maximum absolute atomic E-state index is 10.2. The van der Waals surface area contributed by atoms with Crippen molar-refractivity contribution < 1.29 is 18.9 Å². The van der Waals surface area contributed by atoms with Gasteiger partial charge >= 0.3 is 7.82 Å². The van der Waals surface area contributed by atoms with Gasteiger partial charge in [-0.2, -0.15) is 0 Å². The summed E-state index contributed by atoms with van der Waals surface area (Å²) >= 11 is 0. The molecule has 0 fully saturated rings. The maximum Gasteiger partial charge on any atom is 0.469 e. The first-order valence-corrected chi connectivity index (χ1v) is 5.64. The molecule has 0 aromatic heterocycles. The second kappa shape index (κ2) is 5.08. The van der Waals surface area contributed by atoms with E-state index in [9.17, 15) is 4.57 Å². The highest BCUT2D eigenvalue weighted by molar-refractivity contribution is 7.46. The Hall–Kier alpha value is 0.0700. The Bertz CT molecular complexity index is 183. The molecule has 0 atom stereocenters. The fourth-order valence-corrected chi connectivity index (χ4v) is 1.03. The Kier molecular flexibility index (Phi) is 5.10. The molecule has 0 radical (unpaired) electrons. The lowest BCUT2D eigenvalue weighted by Crippen LogP contribution is -2.29. The van der Waals surface area contributed by atoms with Gasteiger partial charge in [0.1, 0.15) is 0 Å². The summed E-state index contributed by atoms with van der Waals surface area (Å²) in [6, 6.07) is 0. The van der Waals surface area contributed by atoms with E-state index in [0.29, 0.717) is 6.54 Å². The lowest BCUT2D eigenvalue weighted by Gasteiger charge is -2.18. The van der Waals surface area contributed by atoms with Crippen LogP contribution in [-0.4, -0.2) is 29.5 Å². The molecule has 0 aromatic carbocycles. The molecule has 0 saturated carbocycles. The van der Waals surface area contributed by atoms with Gasteiger partial charge in [-0.25, -0.2) is 4.57 Å². The number of phosphoric ester groups is 1.